The van der Waals surface area contributed by atoms with E-state index in [1.807, 2.05) is 0 Å². The lowest BCUT2D eigenvalue weighted by atomic mass is 10.2. The highest BCUT2D eigenvalue weighted by Gasteiger charge is 2.15. The highest BCUT2D eigenvalue weighted by atomic mass is 19.1. The fourth-order valence-corrected chi connectivity index (χ4v) is 1.56. The van der Waals surface area contributed by atoms with E-state index in [2.05, 4.69) is 10.3 Å². The Bertz CT molecular complexity index is 645. The summed E-state index contributed by atoms with van der Waals surface area (Å²) in [6.45, 7) is 1.57. The number of aryl methyl sites for hydroxylation is 1. The van der Waals surface area contributed by atoms with Gasteiger partial charge >= 0.3 is 5.97 Å². The van der Waals surface area contributed by atoms with E-state index in [1.165, 1.54) is 24.4 Å². The summed E-state index contributed by atoms with van der Waals surface area (Å²) in [6, 6.07) is 5.19. The summed E-state index contributed by atoms with van der Waals surface area (Å²) in [4.78, 5) is 14.5. The predicted octanol–water partition coefficient (Wildman–Crippen LogP) is 3.11. The Morgan fingerprint density at radius 1 is 1.32 bits per heavy atom. The van der Waals surface area contributed by atoms with Crippen molar-refractivity contribution in [1.82, 2.24) is 4.98 Å². The van der Waals surface area contributed by atoms with Gasteiger partial charge in [-0.05, 0) is 36.8 Å². The summed E-state index contributed by atoms with van der Waals surface area (Å²) < 4.78 is 26.9. The number of benzene rings is 1. The number of halogens is 2. The molecule has 0 bridgehead atoms. The van der Waals surface area contributed by atoms with E-state index in [4.69, 9.17) is 5.11 Å². The number of carboxylic acids is 1. The van der Waals surface area contributed by atoms with Gasteiger partial charge in [0.25, 0.3) is 0 Å². The second-order valence-corrected chi connectivity index (χ2v) is 3.92. The average molecular weight is 264 g/mol. The average Bonchev–Trinajstić information content (AvgIpc) is 2.36. The Balaban J connectivity index is 2.35. The smallest absolute Gasteiger partial charge is 0.338 e. The van der Waals surface area contributed by atoms with Crippen LogP contribution in [0, 0.1) is 18.6 Å². The third kappa shape index (κ3) is 2.67. The zero-order valence-corrected chi connectivity index (χ0v) is 9.95. The van der Waals surface area contributed by atoms with Crippen molar-refractivity contribution in [2.75, 3.05) is 5.32 Å². The molecule has 2 aromatic rings. The van der Waals surface area contributed by atoms with E-state index in [0.29, 0.717) is 11.3 Å². The Kier molecular flexibility index (Phi) is 3.41. The van der Waals surface area contributed by atoms with Crippen LogP contribution in [0.4, 0.5) is 20.3 Å². The van der Waals surface area contributed by atoms with Crippen molar-refractivity contribution in [3.05, 3.63) is 53.2 Å². The van der Waals surface area contributed by atoms with Crippen LogP contribution < -0.4 is 5.32 Å². The van der Waals surface area contributed by atoms with Gasteiger partial charge < -0.3 is 10.4 Å². The largest absolute Gasteiger partial charge is 0.478 e. The summed E-state index contributed by atoms with van der Waals surface area (Å²) in [5, 5.41) is 11.4. The van der Waals surface area contributed by atoms with Crippen LogP contribution in [-0.4, -0.2) is 16.1 Å². The molecule has 0 aliphatic carbocycles. The van der Waals surface area contributed by atoms with Gasteiger partial charge in [-0.25, -0.2) is 18.6 Å². The molecule has 0 saturated carbocycles. The Morgan fingerprint density at radius 3 is 2.68 bits per heavy atom. The lowest BCUT2D eigenvalue weighted by Gasteiger charge is -2.08. The Labute approximate surface area is 107 Å². The second kappa shape index (κ2) is 5.01. The number of aromatic nitrogens is 1. The molecule has 1 heterocycles. The molecule has 0 unspecified atom stereocenters. The molecule has 0 amide bonds. The van der Waals surface area contributed by atoms with E-state index in [-0.39, 0.29) is 11.6 Å². The van der Waals surface area contributed by atoms with Crippen LogP contribution in [0.25, 0.3) is 0 Å². The molecule has 98 valence electrons. The van der Waals surface area contributed by atoms with Gasteiger partial charge in [0, 0.05) is 11.9 Å². The molecule has 0 aliphatic heterocycles. The number of anilines is 2. The zero-order valence-electron chi connectivity index (χ0n) is 9.95. The maximum Gasteiger partial charge on any atom is 0.338 e. The summed E-state index contributed by atoms with van der Waals surface area (Å²) in [6.07, 6.45) is 1.19. The molecule has 6 heteroatoms. The number of nitrogens with one attached hydrogen (secondary N) is 1. The quantitative estimate of drug-likeness (QED) is 0.894. The molecule has 0 radical (unpaired) electrons. The summed E-state index contributed by atoms with van der Waals surface area (Å²) in [5.74, 6) is -2.93. The third-order valence-electron chi connectivity index (χ3n) is 2.54. The highest BCUT2D eigenvalue weighted by Crippen LogP contribution is 2.21. The van der Waals surface area contributed by atoms with Gasteiger partial charge in [0.1, 0.15) is 11.4 Å². The topological polar surface area (TPSA) is 62.2 Å². The molecule has 2 rings (SSSR count). The lowest BCUT2D eigenvalue weighted by Crippen LogP contribution is -2.05. The van der Waals surface area contributed by atoms with Crippen LogP contribution in [-0.2, 0) is 0 Å². The van der Waals surface area contributed by atoms with Crippen LogP contribution in [0.3, 0.4) is 0 Å². The van der Waals surface area contributed by atoms with E-state index < -0.39 is 17.3 Å². The van der Waals surface area contributed by atoms with Crippen molar-refractivity contribution < 1.29 is 18.7 Å². The molecule has 0 saturated heterocycles. The van der Waals surface area contributed by atoms with E-state index in [9.17, 15) is 13.6 Å². The van der Waals surface area contributed by atoms with Crippen LogP contribution in [0.15, 0.2) is 30.5 Å². The van der Waals surface area contributed by atoms with Gasteiger partial charge in [-0.1, -0.05) is 0 Å². The molecule has 2 N–H and O–H groups in total. The monoisotopic (exact) mass is 264 g/mol. The van der Waals surface area contributed by atoms with E-state index >= 15 is 0 Å². The van der Waals surface area contributed by atoms with Gasteiger partial charge in [-0.3, -0.25) is 0 Å². The number of rotatable bonds is 3. The number of aromatic carboxylic acids is 1. The first-order valence-corrected chi connectivity index (χ1v) is 5.40. The van der Waals surface area contributed by atoms with Crippen LogP contribution in [0.1, 0.15) is 15.9 Å². The summed E-state index contributed by atoms with van der Waals surface area (Å²) >= 11 is 0. The fraction of sp³-hybridized carbons (Fsp3) is 0.0769. The van der Waals surface area contributed by atoms with Crippen LogP contribution in [0.5, 0.6) is 0 Å². The molecule has 1 aromatic carbocycles. The van der Waals surface area contributed by atoms with Crippen LogP contribution >= 0.6 is 0 Å². The first kappa shape index (κ1) is 12.9. The van der Waals surface area contributed by atoms with Crippen molar-refractivity contribution in [1.29, 1.82) is 0 Å². The summed E-state index contributed by atoms with van der Waals surface area (Å²) in [5.41, 5.74) is 0.337. The SMILES string of the molecule is Cc1cc(Nc2nccc(C(=O)O)c2F)ccc1F. The standard InChI is InChI=1S/C13H10F2N2O2/c1-7-6-8(2-3-10(7)14)17-12-11(15)9(13(18)19)4-5-16-12/h2-6H,1H3,(H,16,17)(H,18,19). The van der Waals surface area contributed by atoms with Crippen molar-refractivity contribution >= 4 is 17.5 Å². The van der Waals surface area contributed by atoms with Gasteiger partial charge in [0.15, 0.2) is 11.6 Å². The molecule has 0 aliphatic rings. The van der Waals surface area contributed by atoms with Gasteiger partial charge in [-0.15, -0.1) is 0 Å². The van der Waals surface area contributed by atoms with Crippen molar-refractivity contribution in [3.63, 3.8) is 0 Å². The molecule has 0 fully saturated rings. The maximum atomic E-state index is 13.8. The van der Waals surface area contributed by atoms with E-state index in [1.54, 1.807) is 6.92 Å². The molecular weight excluding hydrogens is 254 g/mol. The number of carboxylic acid groups (broad SMARTS) is 1. The van der Waals surface area contributed by atoms with E-state index in [0.717, 1.165) is 6.07 Å². The Morgan fingerprint density at radius 2 is 2.05 bits per heavy atom. The third-order valence-corrected chi connectivity index (χ3v) is 2.54. The molecule has 0 atom stereocenters. The number of hydrogen-bond donors (Lipinski definition) is 2. The predicted molar refractivity (Wildman–Crippen MR) is 65.6 cm³/mol. The zero-order chi connectivity index (χ0) is 14.0. The van der Waals surface area contributed by atoms with Gasteiger partial charge in [0.2, 0.25) is 0 Å². The highest BCUT2D eigenvalue weighted by molar-refractivity contribution is 5.89. The van der Waals surface area contributed by atoms with Crippen molar-refractivity contribution in [2.24, 2.45) is 0 Å². The molecule has 4 nitrogen and oxygen atoms in total. The molecule has 19 heavy (non-hydrogen) atoms. The first-order valence-electron chi connectivity index (χ1n) is 5.40. The maximum absolute atomic E-state index is 13.8. The van der Waals surface area contributed by atoms with Crippen LogP contribution in [0.2, 0.25) is 0 Å². The normalized spacial score (nSPS) is 10.3. The van der Waals surface area contributed by atoms with Gasteiger partial charge in [0.05, 0.1) is 0 Å². The minimum Gasteiger partial charge on any atom is -0.478 e. The number of pyridine rings is 1. The minimum atomic E-state index is -1.38. The Hall–Kier alpha value is -2.50. The fourth-order valence-electron chi connectivity index (χ4n) is 1.56. The molecule has 1 aromatic heterocycles. The number of hydrogen-bond acceptors (Lipinski definition) is 3. The van der Waals surface area contributed by atoms with Gasteiger partial charge in [-0.2, -0.15) is 0 Å². The minimum absolute atomic E-state index is 0.217. The van der Waals surface area contributed by atoms with Crippen molar-refractivity contribution in [2.45, 2.75) is 6.92 Å². The number of nitrogens with zero attached hydrogens (tertiary/aromatic N) is 1. The first-order chi connectivity index (χ1) is 8.99. The lowest BCUT2D eigenvalue weighted by molar-refractivity contribution is 0.0692. The van der Waals surface area contributed by atoms with Crippen molar-refractivity contribution in [3.8, 4) is 0 Å². The molecular formula is C13H10F2N2O2. The molecule has 0 spiro atoms. The second-order valence-electron chi connectivity index (χ2n) is 3.92. The summed E-state index contributed by atoms with van der Waals surface area (Å²) in [7, 11) is 0. The number of carbonyl (C=O) groups is 1.